The van der Waals surface area contributed by atoms with E-state index < -0.39 is 29.9 Å². The molecular formula is C23H29F2N7O5S. The van der Waals surface area contributed by atoms with Crippen molar-refractivity contribution in [3.8, 4) is 0 Å². The van der Waals surface area contributed by atoms with Gasteiger partial charge in [-0.1, -0.05) is 0 Å². The van der Waals surface area contributed by atoms with Crippen molar-refractivity contribution in [1.29, 1.82) is 0 Å². The maximum Gasteiger partial charge on any atom is 0.414 e. The molecule has 2 aliphatic rings. The molecular weight excluding hydrogens is 524 g/mol. The molecule has 206 valence electrons. The molecule has 2 aromatic rings. The Bertz CT molecular complexity index is 1170. The summed E-state index contributed by atoms with van der Waals surface area (Å²) in [5.41, 5.74) is 1.42. The average molecular weight is 554 g/mol. The van der Waals surface area contributed by atoms with Crippen LogP contribution in [0.3, 0.4) is 0 Å². The van der Waals surface area contributed by atoms with E-state index in [1.165, 1.54) is 12.0 Å². The third-order valence-electron chi connectivity index (χ3n) is 6.16. The minimum absolute atomic E-state index is 0.0300. The van der Waals surface area contributed by atoms with Crippen molar-refractivity contribution in [3.05, 3.63) is 41.2 Å². The first-order valence-corrected chi connectivity index (χ1v) is 12.3. The van der Waals surface area contributed by atoms with Crippen LogP contribution in [0.4, 0.5) is 29.7 Å². The Kier molecular flexibility index (Phi) is 8.46. The van der Waals surface area contributed by atoms with Gasteiger partial charge in [0.1, 0.15) is 11.8 Å². The fraction of sp³-hybridized carbons (Fsp3) is 0.478. The van der Waals surface area contributed by atoms with Crippen molar-refractivity contribution in [1.82, 2.24) is 25.5 Å². The first kappa shape index (κ1) is 27.3. The fourth-order valence-electron chi connectivity index (χ4n) is 4.13. The molecule has 12 nitrogen and oxygen atoms in total. The molecule has 15 heteroatoms. The SMILES string of the molecule is COC(=S)NC[C@H]1CN(c2cc(F)c(N3CCON(C(=O)NCc4cc(C)n(C)n4)CC3)c(F)c2)C(=O)O1. The topological polar surface area (TPSA) is 113 Å². The standard InChI is InChI=1S/C23H29F2N7O5S/c1-14-8-15(28-29(14)2)11-26-21(33)32-5-4-30(6-7-36-32)20-18(24)9-16(10-19(20)25)31-13-17(37-23(31)34)12-27-22(38)35-3/h8-10,17H,4-7,11-13H2,1-3H3,(H,26,33)(H,27,38)/t17-/m0/s1. The zero-order valence-electron chi connectivity index (χ0n) is 21.2. The summed E-state index contributed by atoms with van der Waals surface area (Å²) in [6, 6.07) is 3.55. The van der Waals surface area contributed by atoms with Crippen LogP contribution in [0.25, 0.3) is 0 Å². The van der Waals surface area contributed by atoms with E-state index in [9.17, 15) is 9.59 Å². The number of ether oxygens (including phenoxy) is 2. The number of thiocarbonyl (C=S) groups is 1. The number of nitrogens with one attached hydrogen (secondary N) is 2. The van der Waals surface area contributed by atoms with Gasteiger partial charge in [-0.3, -0.25) is 14.4 Å². The number of aromatic nitrogens is 2. The van der Waals surface area contributed by atoms with Crippen LogP contribution in [0.2, 0.25) is 0 Å². The number of cyclic esters (lactones) is 1. The minimum Gasteiger partial charge on any atom is -0.474 e. The highest BCUT2D eigenvalue weighted by Crippen LogP contribution is 2.31. The lowest BCUT2D eigenvalue weighted by molar-refractivity contribution is -0.104. The monoisotopic (exact) mass is 553 g/mol. The molecule has 2 N–H and O–H groups in total. The third kappa shape index (κ3) is 6.22. The van der Waals surface area contributed by atoms with E-state index in [4.69, 9.17) is 26.5 Å². The van der Waals surface area contributed by atoms with Gasteiger partial charge in [0.2, 0.25) is 0 Å². The molecule has 0 unspecified atom stereocenters. The normalized spacial score (nSPS) is 17.8. The van der Waals surface area contributed by atoms with Crippen LogP contribution in [-0.2, 0) is 27.9 Å². The predicted molar refractivity (Wildman–Crippen MR) is 137 cm³/mol. The largest absolute Gasteiger partial charge is 0.474 e. The molecule has 1 aromatic carbocycles. The van der Waals surface area contributed by atoms with E-state index in [0.717, 1.165) is 27.8 Å². The van der Waals surface area contributed by atoms with Gasteiger partial charge in [0.15, 0.2) is 11.6 Å². The van der Waals surface area contributed by atoms with Gasteiger partial charge in [0, 0.05) is 38.0 Å². The number of amides is 3. The number of carbonyl (C=O) groups excluding carboxylic acids is 2. The van der Waals surface area contributed by atoms with Crippen LogP contribution in [0.5, 0.6) is 0 Å². The van der Waals surface area contributed by atoms with E-state index in [1.54, 1.807) is 4.68 Å². The molecule has 2 fully saturated rings. The maximum absolute atomic E-state index is 15.2. The first-order chi connectivity index (χ1) is 18.2. The molecule has 0 aliphatic carbocycles. The molecule has 0 radical (unpaired) electrons. The number of halogens is 2. The number of hydrogen-bond donors (Lipinski definition) is 2. The number of carbonyl (C=O) groups is 2. The van der Waals surface area contributed by atoms with Gasteiger partial charge in [0.05, 0.1) is 51.3 Å². The predicted octanol–water partition coefficient (Wildman–Crippen LogP) is 1.82. The molecule has 4 rings (SSSR count). The van der Waals surface area contributed by atoms with Gasteiger partial charge in [-0.15, -0.1) is 0 Å². The maximum atomic E-state index is 15.2. The molecule has 1 atom stereocenters. The number of benzene rings is 1. The van der Waals surface area contributed by atoms with Gasteiger partial charge in [0.25, 0.3) is 5.17 Å². The van der Waals surface area contributed by atoms with Crippen molar-refractivity contribution in [2.24, 2.45) is 7.05 Å². The van der Waals surface area contributed by atoms with E-state index in [0.29, 0.717) is 5.69 Å². The number of rotatable bonds is 6. The highest BCUT2D eigenvalue weighted by molar-refractivity contribution is 7.80. The van der Waals surface area contributed by atoms with Crippen LogP contribution < -0.4 is 20.4 Å². The highest BCUT2D eigenvalue weighted by atomic mass is 32.1. The lowest BCUT2D eigenvalue weighted by atomic mass is 10.2. The van der Waals surface area contributed by atoms with Gasteiger partial charge >= 0.3 is 12.1 Å². The Morgan fingerprint density at radius 2 is 1.95 bits per heavy atom. The quantitative estimate of drug-likeness (QED) is 0.517. The Balaban J connectivity index is 1.36. The molecule has 1 aromatic heterocycles. The summed E-state index contributed by atoms with van der Waals surface area (Å²) >= 11 is 4.89. The van der Waals surface area contributed by atoms with Crippen molar-refractivity contribution in [2.75, 3.05) is 56.2 Å². The van der Waals surface area contributed by atoms with Crippen molar-refractivity contribution in [2.45, 2.75) is 19.6 Å². The van der Waals surface area contributed by atoms with Gasteiger partial charge in [-0.2, -0.15) is 5.10 Å². The van der Waals surface area contributed by atoms with E-state index >= 15 is 8.78 Å². The second-order valence-electron chi connectivity index (χ2n) is 8.73. The molecule has 0 saturated carbocycles. The lowest BCUT2D eigenvalue weighted by Crippen LogP contribution is -2.41. The summed E-state index contributed by atoms with van der Waals surface area (Å²) < 4.78 is 42.1. The van der Waals surface area contributed by atoms with Crippen molar-refractivity contribution in [3.63, 3.8) is 0 Å². The summed E-state index contributed by atoms with van der Waals surface area (Å²) in [7, 11) is 3.21. The van der Waals surface area contributed by atoms with E-state index in [1.807, 2.05) is 20.0 Å². The summed E-state index contributed by atoms with van der Waals surface area (Å²) in [5, 5.41) is 11.1. The summed E-state index contributed by atoms with van der Waals surface area (Å²) in [6.45, 7) is 2.77. The number of anilines is 2. The van der Waals surface area contributed by atoms with E-state index in [-0.39, 0.29) is 62.4 Å². The van der Waals surface area contributed by atoms with Crippen LogP contribution in [0.15, 0.2) is 18.2 Å². The number of hydrogen-bond acceptors (Lipinski definition) is 8. The molecule has 3 heterocycles. The molecule has 38 heavy (non-hydrogen) atoms. The van der Waals surface area contributed by atoms with Crippen molar-refractivity contribution >= 4 is 40.9 Å². The highest BCUT2D eigenvalue weighted by Gasteiger charge is 2.34. The number of methoxy groups -OCH3 is 1. The van der Waals surface area contributed by atoms with Crippen LogP contribution in [0.1, 0.15) is 11.4 Å². The first-order valence-electron chi connectivity index (χ1n) is 11.9. The number of nitrogens with zero attached hydrogens (tertiary/aromatic N) is 5. The van der Waals surface area contributed by atoms with Gasteiger partial charge in [-0.25, -0.2) is 23.4 Å². The smallest absolute Gasteiger partial charge is 0.414 e. The Morgan fingerprint density at radius 1 is 1.21 bits per heavy atom. The average Bonchev–Trinajstić information content (AvgIpc) is 3.30. The summed E-state index contributed by atoms with van der Waals surface area (Å²) in [5.74, 6) is -1.70. The van der Waals surface area contributed by atoms with E-state index in [2.05, 4.69) is 15.7 Å². The third-order valence-corrected chi connectivity index (χ3v) is 6.47. The van der Waals surface area contributed by atoms with Crippen molar-refractivity contribution < 1.29 is 32.7 Å². The Morgan fingerprint density at radius 3 is 2.61 bits per heavy atom. The molecule has 2 saturated heterocycles. The summed E-state index contributed by atoms with van der Waals surface area (Å²) in [6.07, 6.45) is -1.31. The van der Waals surface area contributed by atoms with Crippen LogP contribution in [0, 0.1) is 18.6 Å². The zero-order chi connectivity index (χ0) is 27.4. The fourth-order valence-corrected chi connectivity index (χ4v) is 4.21. The Labute approximate surface area is 223 Å². The molecule has 3 amide bonds. The number of aryl methyl sites for hydroxylation is 2. The minimum atomic E-state index is -0.849. The second kappa shape index (κ2) is 11.8. The molecule has 0 bridgehead atoms. The number of hydroxylamine groups is 2. The molecule has 0 spiro atoms. The van der Waals surface area contributed by atoms with Gasteiger partial charge in [-0.05, 0) is 25.2 Å². The van der Waals surface area contributed by atoms with Crippen LogP contribution in [-0.4, -0.2) is 84.7 Å². The number of urea groups is 1. The Hall–Kier alpha value is -3.72. The van der Waals surface area contributed by atoms with Gasteiger partial charge < -0.3 is 25.0 Å². The lowest BCUT2D eigenvalue weighted by Gasteiger charge is -2.24. The molecule has 2 aliphatic heterocycles. The second-order valence-corrected chi connectivity index (χ2v) is 9.10. The van der Waals surface area contributed by atoms with Crippen LogP contribution >= 0.6 is 12.2 Å². The summed E-state index contributed by atoms with van der Waals surface area (Å²) in [4.78, 5) is 33.0. The zero-order valence-corrected chi connectivity index (χ0v) is 22.0.